The topological polar surface area (TPSA) is 20.2 Å². The molecule has 82 valence electrons. The summed E-state index contributed by atoms with van der Waals surface area (Å²) in [5.74, 6) is 0. The zero-order chi connectivity index (χ0) is 11.0. The van der Waals surface area contributed by atoms with E-state index in [0.29, 0.717) is 0 Å². The zero-order valence-corrected chi connectivity index (χ0v) is 10.0. The summed E-state index contributed by atoms with van der Waals surface area (Å²) in [6, 6.07) is 0. The van der Waals surface area contributed by atoms with E-state index in [1.807, 2.05) is 6.92 Å². The van der Waals surface area contributed by atoms with E-state index in [1.165, 1.54) is 11.1 Å². The minimum Gasteiger partial charge on any atom is -0.393 e. The molecular formula is C13H24O. The van der Waals surface area contributed by atoms with Gasteiger partial charge >= 0.3 is 0 Å². The summed E-state index contributed by atoms with van der Waals surface area (Å²) in [4.78, 5) is 0. The summed E-state index contributed by atoms with van der Waals surface area (Å²) in [7, 11) is 0. The van der Waals surface area contributed by atoms with Crippen LogP contribution in [0.15, 0.2) is 23.3 Å². The second kappa shape index (κ2) is 7.81. The lowest BCUT2D eigenvalue weighted by Gasteiger charge is -2.02. The normalized spacial score (nSPS) is 13.9. The standard InChI is InChI=1S/C13H24O/c1-11(2)7-5-8-12(3)9-6-10-13(4)14/h7,9,13-14H,5-6,8,10H2,1-4H3/b12-9+. The Balaban J connectivity index is 3.62. The van der Waals surface area contributed by atoms with E-state index in [1.54, 1.807) is 0 Å². The van der Waals surface area contributed by atoms with Crippen LogP contribution in [-0.2, 0) is 0 Å². The molecule has 1 N–H and O–H groups in total. The van der Waals surface area contributed by atoms with Crippen molar-refractivity contribution in [3.05, 3.63) is 23.3 Å². The highest BCUT2D eigenvalue weighted by atomic mass is 16.3. The molecule has 1 unspecified atom stereocenters. The van der Waals surface area contributed by atoms with E-state index in [0.717, 1.165) is 25.7 Å². The van der Waals surface area contributed by atoms with Gasteiger partial charge in [-0.1, -0.05) is 23.3 Å². The first kappa shape index (κ1) is 13.4. The molecule has 1 atom stereocenters. The van der Waals surface area contributed by atoms with Crippen molar-refractivity contribution in [2.24, 2.45) is 0 Å². The number of aliphatic hydroxyl groups is 1. The van der Waals surface area contributed by atoms with Crippen LogP contribution in [0.5, 0.6) is 0 Å². The third-order valence-corrected chi connectivity index (χ3v) is 2.17. The molecule has 1 nitrogen and oxygen atoms in total. The summed E-state index contributed by atoms with van der Waals surface area (Å²) >= 11 is 0. The van der Waals surface area contributed by atoms with E-state index < -0.39 is 0 Å². The zero-order valence-electron chi connectivity index (χ0n) is 10.0. The van der Waals surface area contributed by atoms with Gasteiger partial charge in [0.1, 0.15) is 0 Å². The van der Waals surface area contributed by atoms with Crippen molar-refractivity contribution >= 4 is 0 Å². The van der Waals surface area contributed by atoms with E-state index in [2.05, 4.69) is 32.9 Å². The maximum atomic E-state index is 9.08. The summed E-state index contributed by atoms with van der Waals surface area (Å²) < 4.78 is 0. The highest BCUT2D eigenvalue weighted by Gasteiger charge is 1.93. The minimum atomic E-state index is -0.170. The smallest absolute Gasteiger partial charge is 0.0515 e. The molecule has 0 aliphatic carbocycles. The molecule has 0 saturated carbocycles. The lowest BCUT2D eigenvalue weighted by atomic mass is 10.1. The monoisotopic (exact) mass is 196 g/mol. The van der Waals surface area contributed by atoms with Crippen LogP contribution in [0.25, 0.3) is 0 Å². The lowest BCUT2D eigenvalue weighted by molar-refractivity contribution is 0.186. The van der Waals surface area contributed by atoms with Crippen LogP contribution in [-0.4, -0.2) is 11.2 Å². The van der Waals surface area contributed by atoms with Crippen molar-refractivity contribution in [2.45, 2.75) is 59.5 Å². The van der Waals surface area contributed by atoms with Gasteiger partial charge in [0.2, 0.25) is 0 Å². The van der Waals surface area contributed by atoms with Crippen molar-refractivity contribution in [2.75, 3.05) is 0 Å². The third kappa shape index (κ3) is 9.53. The largest absolute Gasteiger partial charge is 0.393 e. The number of rotatable bonds is 6. The van der Waals surface area contributed by atoms with Crippen molar-refractivity contribution in [3.8, 4) is 0 Å². The van der Waals surface area contributed by atoms with E-state index in [9.17, 15) is 0 Å². The van der Waals surface area contributed by atoms with Gasteiger partial charge in [-0.25, -0.2) is 0 Å². The van der Waals surface area contributed by atoms with Gasteiger partial charge in [0.25, 0.3) is 0 Å². The van der Waals surface area contributed by atoms with Crippen molar-refractivity contribution in [3.63, 3.8) is 0 Å². The van der Waals surface area contributed by atoms with Crippen molar-refractivity contribution < 1.29 is 5.11 Å². The van der Waals surface area contributed by atoms with Crippen LogP contribution in [0.4, 0.5) is 0 Å². The quantitative estimate of drug-likeness (QED) is 0.640. The highest BCUT2D eigenvalue weighted by molar-refractivity contribution is 5.02. The molecule has 0 aliphatic rings. The molecule has 0 rings (SSSR count). The van der Waals surface area contributed by atoms with Crippen molar-refractivity contribution in [1.82, 2.24) is 0 Å². The van der Waals surface area contributed by atoms with Crippen LogP contribution in [0.2, 0.25) is 0 Å². The molecule has 0 aliphatic heterocycles. The van der Waals surface area contributed by atoms with Crippen LogP contribution < -0.4 is 0 Å². The van der Waals surface area contributed by atoms with Gasteiger partial charge in [-0.05, 0) is 53.4 Å². The second-order valence-electron chi connectivity index (χ2n) is 4.30. The fourth-order valence-corrected chi connectivity index (χ4v) is 1.26. The van der Waals surface area contributed by atoms with Gasteiger partial charge in [0.15, 0.2) is 0 Å². The Morgan fingerprint density at radius 1 is 1.14 bits per heavy atom. The Bertz CT molecular complexity index is 195. The van der Waals surface area contributed by atoms with Gasteiger partial charge in [0, 0.05) is 0 Å². The number of hydrogen-bond donors (Lipinski definition) is 1. The Kier molecular flexibility index (Phi) is 7.50. The molecule has 0 fully saturated rings. The summed E-state index contributed by atoms with van der Waals surface area (Å²) in [5, 5.41) is 9.08. The fraction of sp³-hybridized carbons (Fsp3) is 0.692. The summed E-state index contributed by atoms with van der Waals surface area (Å²) in [5.41, 5.74) is 2.82. The second-order valence-corrected chi connectivity index (χ2v) is 4.30. The maximum absolute atomic E-state index is 9.08. The summed E-state index contributed by atoms with van der Waals surface area (Å²) in [6.45, 7) is 8.27. The molecule has 0 aromatic heterocycles. The minimum absolute atomic E-state index is 0.170. The Morgan fingerprint density at radius 2 is 1.79 bits per heavy atom. The average molecular weight is 196 g/mol. The van der Waals surface area contributed by atoms with E-state index in [4.69, 9.17) is 5.11 Å². The van der Waals surface area contributed by atoms with Gasteiger partial charge in [-0.3, -0.25) is 0 Å². The molecule has 0 heterocycles. The predicted molar refractivity (Wildman–Crippen MR) is 63.3 cm³/mol. The first-order chi connectivity index (χ1) is 6.52. The molecule has 0 amide bonds. The Hall–Kier alpha value is -0.560. The van der Waals surface area contributed by atoms with Gasteiger partial charge in [-0.15, -0.1) is 0 Å². The molecule has 0 spiro atoms. The first-order valence-corrected chi connectivity index (χ1v) is 5.49. The third-order valence-electron chi connectivity index (χ3n) is 2.17. The van der Waals surface area contributed by atoms with Crippen LogP contribution in [0, 0.1) is 0 Å². The van der Waals surface area contributed by atoms with E-state index in [-0.39, 0.29) is 6.10 Å². The number of allylic oxidation sites excluding steroid dienone is 4. The van der Waals surface area contributed by atoms with Crippen molar-refractivity contribution in [1.29, 1.82) is 0 Å². The Labute approximate surface area is 88.5 Å². The molecule has 1 heteroatoms. The molecule has 0 aromatic rings. The molecule has 0 radical (unpaired) electrons. The molecular weight excluding hydrogens is 172 g/mol. The number of hydrogen-bond acceptors (Lipinski definition) is 1. The Morgan fingerprint density at radius 3 is 2.29 bits per heavy atom. The molecule has 0 saturated heterocycles. The van der Waals surface area contributed by atoms with Gasteiger partial charge in [0.05, 0.1) is 6.10 Å². The highest BCUT2D eigenvalue weighted by Crippen LogP contribution is 2.09. The van der Waals surface area contributed by atoms with Crippen LogP contribution in [0.1, 0.15) is 53.4 Å². The fourth-order valence-electron chi connectivity index (χ4n) is 1.26. The molecule has 14 heavy (non-hydrogen) atoms. The van der Waals surface area contributed by atoms with E-state index >= 15 is 0 Å². The molecule has 0 bridgehead atoms. The number of aliphatic hydroxyl groups excluding tert-OH is 1. The predicted octanol–water partition coefficient (Wildman–Crippen LogP) is 3.84. The SMILES string of the molecule is CC(C)=CCC/C(C)=C/CCC(C)O. The first-order valence-electron chi connectivity index (χ1n) is 5.49. The lowest BCUT2D eigenvalue weighted by Crippen LogP contribution is -1.97. The molecule has 0 aromatic carbocycles. The summed E-state index contributed by atoms with van der Waals surface area (Å²) in [6.07, 6.45) is 8.50. The maximum Gasteiger partial charge on any atom is 0.0515 e. The van der Waals surface area contributed by atoms with Gasteiger partial charge in [-0.2, -0.15) is 0 Å². The van der Waals surface area contributed by atoms with Crippen LogP contribution in [0.3, 0.4) is 0 Å². The van der Waals surface area contributed by atoms with Gasteiger partial charge < -0.3 is 5.11 Å². The average Bonchev–Trinajstić information content (AvgIpc) is 2.02. The van der Waals surface area contributed by atoms with Crippen LogP contribution >= 0.6 is 0 Å².